The Labute approximate surface area is 97.9 Å². The molecule has 3 nitrogen and oxygen atoms in total. The summed E-state index contributed by atoms with van der Waals surface area (Å²) in [7, 11) is 0. The van der Waals surface area contributed by atoms with Crippen molar-refractivity contribution in [2.24, 2.45) is 5.41 Å². The van der Waals surface area contributed by atoms with Crippen molar-refractivity contribution in [1.29, 1.82) is 0 Å². The summed E-state index contributed by atoms with van der Waals surface area (Å²) >= 11 is 0. The molecule has 0 bridgehead atoms. The van der Waals surface area contributed by atoms with E-state index in [0.717, 1.165) is 19.3 Å². The molecule has 3 heteroatoms. The molecule has 0 amide bonds. The largest absolute Gasteiger partial charge is 0.549 e. The molecule has 1 unspecified atom stereocenters. The van der Waals surface area contributed by atoms with E-state index in [1.165, 1.54) is 19.3 Å². The number of allylic oxidation sites excluding steroid dienone is 1. The first-order valence-corrected chi connectivity index (χ1v) is 6.24. The number of hydrogen-bond acceptors (Lipinski definition) is 2. The lowest BCUT2D eigenvalue weighted by molar-refractivity contribution is -0.674. The van der Waals surface area contributed by atoms with E-state index < -0.39 is 11.4 Å². The molecule has 0 aromatic carbocycles. The van der Waals surface area contributed by atoms with Gasteiger partial charge >= 0.3 is 0 Å². The molecule has 2 atom stereocenters. The van der Waals surface area contributed by atoms with Crippen LogP contribution in [0.1, 0.15) is 45.4 Å². The summed E-state index contributed by atoms with van der Waals surface area (Å²) in [6.07, 6.45) is 8.54. The van der Waals surface area contributed by atoms with E-state index >= 15 is 0 Å². The molecule has 0 saturated carbocycles. The Balaban J connectivity index is 2.17. The fourth-order valence-corrected chi connectivity index (χ4v) is 2.43. The first kappa shape index (κ1) is 13.2. The highest BCUT2D eigenvalue weighted by atomic mass is 16.4. The number of carbonyl (C=O) groups excluding carboxylic acids is 1. The predicted molar refractivity (Wildman–Crippen MR) is 61.6 cm³/mol. The van der Waals surface area contributed by atoms with Crippen molar-refractivity contribution in [3.63, 3.8) is 0 Å². The molecule has 1 heterocycles. The van der Waals surface area contributed by atoms with Crippen LogP contribution in [0.3, 0.4) is 0 Å². The molecule has 1 rings (SSSR count). The van der Waals surface area contributed by atoms with Crippen LogP contribution in [0.25, 0.3) is 0 Å². The third kappa shape index (κ3) is 3.63. The van der Waals surface area contributed by atoms with Crippen LogP contribution >= 0.6 is 0 Å². The van der Waals surface area contributed by atoms with Crippen molar-refractivity contribution < 1.29 is 15.2 Å². The van der Waals surface area contributed by atoms with Gasteiger partial charge in [-0.25, -0.2) is 0 Å². The van der Waals surface area contributed by atoms with E-state index in [1.54, 1.807) is 6.92 Å². The number of nitrogens with two attached hydrogens (primary N) is 1. The Hall–Kier alpha value is -0.830. The van der Waals surface area contributed by atoms with Crippen LogP contribution in [0.15, 0.2) is 12.7 Å². The van der Waals surface area contributed by atoms with Gasteiger partial charge in [0.25, 0.3) is 0 Å². The predicted octanol–water partition coefficient (Wildman–Crippen LogP) is 0.215. The zero-order valence-electron chi connectivity index (χ0n) is 10.2. The van der Waals surface area contributed by atoms with Gasteiger partial charge in [-0.15, -0.1) is 6.58 Å². The normalized spacial score (nSPS) is 29.2. The molecular weight excluding hydrogens is 202 g/mol. The first-order valence-electron chi connectivity index (χ1n) is 6.24. The zero-order chi connectivity index (χ0) is 12.0. The van der Waals surface area contributed by atoms with Crippen LogP contribution in [0.2, 0.25) is 0 Å². The van der Waals surface area contributed by atoms with Gasteiger partial charge in [0.05, 0.1) is 24.0 Å². The van der Waals surface area contributed by atoms with Crippen molar-refractivity contribution in [2.45, 2.75) is 51.5 Å². The van der Waals surface area contributed by atoms with Gasteiger partial charge in [-0.05, 0) is 32.6 Å². The Morgan fingerprint density at radius 2 is 2.31 bits per heavy atom. The summed E-state index contributed by atoms with van der Waals surface area (Å²) < 4.78 is 0. The van der Waals surface area contributed by atoms with Gasteiger partial charge in [-0.1, -0.05) is 12.5 Å². The smallest absolute Gasteiger partial charge is 0.0870 e. The number of rotatable bonds is 7. The number of aliphatic carboxylic acids is 1. The van der Waals surface area contributed by atoms with Crippen LogP contribution in [0, 0.1) is 5.41 Å². The van der Waals surface area contributed by atoms with E-state index in [2.05, 4.69) is 11.9 Å². The summed E-state index contributed by atoms with van der Waals surface area (Å²) in [5.74, 6) is -0.891. The second kappa shape index (κ2) is 6.04. The monoisotopic (exact) mass is 225 g/mol. The lowest BCUT2D eigenvalue weighted by Crippen LogP contribution is -2.87. The average Bonchev–Trinajstić information content (AvgIpc) is 2.62. The van der Waals surface area contributed by atoms with Gasteiger partial charge in [0, 0.05) is 6.42 Å². The van der Waals surface area contributed by atoms with Crippen LogP contribution < -0.4 is 10.4 Å². The molecule has 0 spiro atoms. The Morgan fingerprint density at radius 1 is 1.56 bits per heavy atom. The minimum atomic E-state index is -0.891. The maximum atomic E-state index is 10.9. The van der Waals surface area contributed by atoms with E-state index in [4.69, 9.17) is 0 Å². The SMILES string of the molecule is C=CCCCCCC1C[C@@](C)(C(=O)[O-])C[NH2+]1. The fraction of sp³-hybridized carbons (Fsp3) is 0.769. The van der Waals surface area contributed by atoms with Crippen LogP contribution in [0.5, 0.6) is 0 Å². The van der Waals surface area contributed by atoms with Crippen LogP contribution in [-0.2, 0) is 4.79 Å². The average molecular weight is 225 g/mol. The molecule has 2 N–H and O–H groups in total. The van der Waals surface area contributed by atoms with Gasteiger partial charge in [0.15, 0.2) is 0 Å². The Kier molecular flexibility index (Phi) is 5.00. The summed E-state index contributed by atoms with van der Waals surface area (Å²) in [5, 5.41) is 13.1. The van der Waals surface area contributed by atoms with Crippen LogP contribution in [-0.4, -0.2) is 18.6 Å². The summed E-state index contributed by atoms with van der Waals surface area (Å²) in [6.45, 7) is 6.17. The maximum Gasteiger partial charge on any atom is 0.0870 e. The Morgan fingerprint density at radius 3 is 2.88 bits per heavy atom. The molecule has 1 fully saturated rings. The number of hydrogen-bond donors (Lipinski definition) is 1. The Bertz CT molecular complexity index is 252. The standard InChI is InChI=1S/C13H23NO2/c1-3-4-5-6-7-8-11-9-13(2,10-14-11)12(15)16/h3,11,14H,1,4-10H2,2H3,(H,15,16)/t11?,13-/m1/s1. The number of carboxylic acid groups (broad SMARTS) is 1. The molecule has 1 aliphatic heterocycles. The number of quaternary nitrogens is 1. The van der Waals surface area contributed by atoms with Gasteiger partial charge in [-0.3, -0.25) is 0 Å². The summed E-state index contributed by atoms with van der Waals surface area (Å²) in [5.41, 5.74) is -0.605. The third-order valence-electron chi connectivity index (χ3n) is 3.59. The van der Waals surface area contributed by atoms with E-state index in [1.807, 2.05) is 6.08 Å². The summed E-state index contributed by atoms with van der Waals surface area (Å²) in [6, 6.07) is 0.478. The van der Waals surface area contributed by atoms with Crippen molar-refractivity contribution in [3.05, 3.63) is 12.7 Å². The highest BCUT2D eigenvalue weighted by molar-refractivity contribution is 5.72. The van der Waals surface area contributed by atoms with Gasteiger partial charge in [-0.2, -0.15) is 0 Å². The lowest BCUT2D eigenvalue weighted by Gasteiger charge is -2.20. The quantitative estimate of drug-likeness (QED) is 0.497. The number of carbonyl (C=O) groups is 1. The van der Waals surface area contributed by atoms with Crippen molar-refractivity contribution in [3.8, 4) is 0 Å². The second-order valence-corrected chi connectivity index (χ2v) is 5.18. The van der Waals surface area contributed by atoms with Crippen LogP contribution in [0.4, 0.5) is 0 Å². The van der Waals surface area contributed by atoms with Crippen molar-refractivity contribution in [1.82, 2.24) is 0 Å². The van der Waals surface area contributed by atoms with Gasteiger partial charge in [0.1, 0.15) is 0 Å². The highest BCUT2D eigenvalue weighted by Crippen LogP contribution is 2.25. The molecule has 0 radical (unpaired) electrons. The molecule has 92 valence electrons. The van der Waals surface area contributed by atoms with Gasteiger partial charge in [0.2, 0.25) is 0 Å². The minimum Gasteiger partial charge on any atom is -0.549 e. The molecule has 0 aromatic heterocycles. The first-order chi connectivity index (χ1) is 7.58. The molecule has 0 aromatic rings. The highest BCUT2D eigenvalue weighted by Gasteiger charge is 2.39. The van der Waals surface area contributed by atoms with E-state index in [0.29, 0.717) is 12.6 Å². The molecule has 16 heavy (non-hydrogen) atoms. The molecule has 0 aliphatic carbocycles. The fourth-order valence-electron chi connectivity index (χ4n) is 2.43. The summed E-state index contributed by atoms with van der Waals surface area (Å²) in [4.78, 5) is 10.9. The lowest BCUT2D eigenvalue weighted by atomic mass is 9.87. The molecule has 1 saturated heterocycles. The maximum absolute atomic E-state index is 10.9. The van der Waals surface area contributed by atoms with E-state index in [9.17, 15) is 9.90 Å². The zero-order valence-corrected chi connectivity index (χ0v) is 10.2. The van der Waals surface area contributed by atoms with Gasteiger partial charge < -0.3 is 15.2 Å². The topological polar surface area (TPSA) is 56.7 Å². The molecule has 1 aliphatic rings. The van der Waals surface area contributed by atoms with E-state index in [-0.39, 0.29) is 0 Å². The number of carboxylic acids is 1. The number of unbranched alkanes of at least 4 members (excludes halogenated alkanes) is 3. The van der Waals surface area contributed by atoms with Crippen molar-refractivity contribution >= 4 is 5.97 Å². The second-order valence-electron chi connectivity index (χ2n) is 5.18. The minimum absolute atomic E-state index is 0.478. The van der Waals surface area contributed by atoms with Crippen molar-refractivity contribution in [2.75, 3.05) is 6.54 Å². The molecular formula is C13H23NO2. The third-order valence-corrected chi connectivity index (χ3v) is 3.59.